The lowest BCUT2D eigenvalue weighted by Crippen LogP contribution is -2.33. The molecule has 0 aromatic heterocycles. The number of carbonyl (C=O) groups is 2. The van der Waals surface area contributed by atoms with Gasteiger partial charge in [-0.15, -0.1) is 0 Å². The zero-order valence-corrected chi connectivity index (χ0v) is 10.0. The zero-order chi connectivity index (χ0) is 12.1. The first-order chi connectivity index (χ1) is 7.50. The normalized spacial score (nSPS) is 24.2. The number of nitrogens with two attached hydrogens (primary N) is 1. The fraction of sp³-hybridized carbons (Fsp3) is 0.818. The van der Waals surface area contributed by atoms with Crippen LogP contribution in [0.4, 0.5) is 0 Å². The molecule has 2 atom stereocenters. The number of hydrogen-bond acceptors (Lipinski definition) is 3. The molecule has 0 saturated heterocycles. The van der Waals surface area contributed by atoms with E-state index in [-0.39, 0.29) is 23.8 Å². The Bertz CT molecular complexity index is 266. The van der Waals surface area contributed by atoms with Crippen molar-refractivity contribution < 1.29 is 9.59 Å². The summed E-state index contributed by atoms with van der Waals surface area (Å²) >= 11 is 0. The van der Waals surface area contributed by atoms with Gasteiger partial charge in [0.1, 0.15) is 0 Å². The van der Waals surface area contributed by atoms with Gasteiger partial charge in [0.2, 0.25) is 11.8 Å². The average molecular weight is 227 g/mol. The van der Waals surface area contributed by atoms with Crippen molar-refractivity contribution in [2.75, 3.05) is 20.6 Å². The highest BCUT2D eigenvalue weighted by molar-refractivity contribution is 5.80. The molecule has 0 heterocycles. The van der Waals surface area contributed by atoms with Crippen LogP contribution in [-0.2, 0) is 9.59 Å². The van der Waals surface area contributed by atoms with Crippen molar-refractivity contribution in [2.45, 2.75) is 31.7 Å². The van der Waals surface area contributed by atoms with Gasteiger partial charge in [-0.3, -0.25) is 9.59 Å². The highest BCUT2D eigenvalue weighted by Crippen LogP contribution is 2.23. The Hall–Kier alpha value is -1.10. The molecule has 5 heteroatoms. The SMILES string of the molecule is CN(C)C(=O)CCNC(=O)C1CCC(N)C1. The quantitative estimate of drug-likeness (QED) is 0.693. The molecule has 1 fully saturated rings. The fourth-order valence-electron chi connectivity index (χ4n) is 1.92. The van der Waals surface area contributed by atoms with E-state index >= 15 is 0 Å². The fourth-order valence-corrected chi connectivity index (χ4v) is 1.92. The molecule has 1 aliphatic carbocycles. The number of rotatable bonds is 4. The Morgan fingerprint density at radius 2 is 2.06 bits per heavy atom. The first-order valence-electron chi connectivity index (χ1n) is 5.74. The highest BCUT2D eigenvalue weighted by Gasteiger charge is 2.27. The maximum absolute atomic E-state index is 11.7. The van der Waals surface area contributed by atoms with Crippen LogP contribution in [0.3, 0.4) is 0 Å². The number of hydrogen-bond donors (Lipinski definition) is 2. The van der Waals surface area contributed by atoms with Crippen LogP contribution in [0.2, 0.25) is 0 Å². The van der Waals surface area contributed by atoms with Gasteiger partial charge in [-0.25, -0.2) is 0 Å². The lowest BCUT2D eigenvalue weighted by molar-refractivity contribution is -0.129. The molecule has 0 aromatic carbocycles. The molecule has 2 amide bonds. The molecule has 0 aliphatic heterocycles. The van der Waals surface area contributed by atoms with Crippen LogP contribution in [0.25, 0.3) is 0 Å². The maximum Gasteiger partial charge on any atom is 0.223 e. The summed E-state index contributed by atoms with van der Waals surface area (Å²) in [6.07, 6.45) is 2.92. The number of amides is 2. The van der Waals surface area contributed by atoms with Gasteiger partial charge in [-0.2, -0.15) is 0 Å². The van der Waals surface area contributed by atoms with Gasteiger partial charge in [0.05, 0.1) is 0 Å². The molecular weight excluding hydrogens is 206 g/mol. The van der Waals surface area contributed by atoms with Crippen LogP contribution in [-0.4, -0.2) is 43.4 Å². The average Bonchev–Trinajstić information content (AvgIpc) is 2.64. The summed E-state index contributed by atoms with van der Waals surface area (Å²) in [5, 5.41) is 2.79. The summed E-state index contributed by atoms with van der Waals surface area (Å²) in [6.45, 7) is 0.418. The van der Waals surface area contributed by atoms with Crippen LogP contribution < -0.4 is 11.1 Å². The molecule has 1 aliphatic rings. The van der Waals surface area contributed by atoms with Gasteiger partial charge >= 0.3 is 0 Å². The van der Waals surface area contributed by atoms with Crippen LogP contribution in [0, 0.1) is 5.92 Å². The third kappa shape index (κ3) is 3.81. The summed E-state index contributed by atoms with van der Waals surface area (Å²) in [5.41, 5.74) is 5.74. The van der Waals surface area contributed by atoms with Gasteiger partial charge in [0.25, 0.3) is 0 Å². The molecule has 0 spiro atoms. The minimum absolute atomic E-state index is 0.0309. The van der Waals surface area contributed by atoms with Crippen LogP contribution >= 0.6 is 0 Å². The number of nitrogens with one attached hydrogen (secondary N) is 1. The Labute approximate surface area is 96.4 Å². The van der Waals surface area contributed by atoms with E-state index in [1.54, 1.807) is 14.1 Å². The Morgan fingerprint density at radius 3 is 2.56 bits per heavy atom. The predicted molar refractivity (Wildman–Crippen MR) is 61.6 cm³/mol. The summed E-state index contributed by atoms with van der Waals surface area (Å²) < 4.78 is 0. The highest BCUT2D eigenvalue weighted by atomic mass is 16.2. The third-order valence-corrected chi connectivity index (χ3v) is 2.98. The molecule has 0 bridgehead atoms. The van der Waals surface area contributed by atoms with Gasteiger partial charge < -0.3 is 16.0 Å². The van der Waals surface area contributed by atoms with E-state index in [2.05, 4.69) is 5.32 Å². The van der Waals surface area contributed by atoms with E-state index in [1.165, 1.54) is 4.90 Å². The molecule has 0 radical (unpaired) electrons. The van der Waals surface area contributed by atoms with E-state index < -0.39 is 0 Å². The molecule has 92 valence electrons. The summed E-state index contributed by atoms with van der Waals surface area (Å²) in [4.78, 5) is 24.4. The minimum atomic E-state index is 0.0309. The first-order valence-corrected chi connectivity index (χ1v) is 5.74. The lowest BCUT2D eigenvalue weighted by atomic mass is 10.1. The van der Waals surface area contributed by atoms with Crippen molar-refractivity contribution in [1.82, 2.24) is 10.2 Å². The van der Waals surface area contributed by atoms with Gasteiger partial charge in [0, 0.05) is 39.0 Å². The topological polar surface area (TPSA) is 75.4 Å². The van der Waals surface area contributed by atoms with E-state index in [1.807, 2.05) is 0 Å². The van der Waals surface area contributed by atoms with Crippen LogP contribution in [0.1, 0.15) is 25.7 Å². The largest absolute Gasteiger partial charge is 0.355 e. The molecule has 2 unspecified atom stereocenters. The molecule has 1 saturated carbocycles. The molecule has 5 nitrogen and oxygen atoms in total. The maximum atomic E-state index is 11.7. The van der Waals surface area contributed by atoms with Crippen LogP contribution in [0.5, 0.6) is 0 Å². The molecule has 16 heavy (non-hydrogen) atoms. The number of nitrogens with zero attached hydrogens (tertiary/aromatic N) is 1. The molecular formula is C11H21N3O2. The zero-order valence-electron chi connectivity index (χ0n) is 10.0. The second-order valence-corrected chi connectivity index (χ2v) is 4.60. The van der Waals surface area contributed by atoms with Crippen molar-refractivity contribution in [3.8, 4) is 0 Å². The lowest BCUT2D eigenvalue weighted by Gasteiger charge is -2.12. The van der Waals surface area contributed by atoms with Crippen molar-refractivity contribution >= 4 is 11.8 Å². The standard InChI is InChI=1S/C11H21N3O2/c1-14(2)10(15)5-6-13-11(16)8-3-4-9(12)7-8/h8-9H,3-7,12H2,1-2H3,(H,13,16). The summed E-state index contributed by atoms with van der Waals surface area (Å²) in [6, 6.07) is 0.166. The minimum Gasteiger partial charge on any atom is -0.355 e. The van der Waals surface area contributed by atoms with E-state index in [0.29, 0.717) is 13.0 Å². The predicted octanol–water partition coefficient (Wildman–Crippen LogP) is -0.292. The second-order valence-electron chi connectivity index (χ2n) is 4.60. The van der Waals surface area contributed by atoms with Crippen LogP contribution in [0.15, 0.2) is 0 Å². The van der Waals surface area contributed by atoms with E-state index in [4.69, 9.17) is 5.73 Å². The van der Waals surface area contributed by atoms with Crippen molar-refractivity contribution in [3.63, 3.8) is 0 Å². The monoisotopic (exact) mass is 227 g/mol. The Balaban J connectivity index is 2.18. The van der Waals surface area contributed by atoms with Gasteiger partial charge in [-0.05, 0) is 19.3 Å². The summed E-state index contributed by atoms with van der Waals surface area (Å²) in [5.74, 6) is 0.118. The first kappa shape index (κ1) is 13.0. The van der Waals surface area contributed by atoms with Gasteiger partial charge in [0.15, 0.2) is 0 Å². The second kappa shape index (κ2) is 5.84. The van der Waals surface area contributed by atoms with Crippen molar-refractivity contribution in [1.29, 1.82) is 0 Å². The van der Waals surface area contributed by atoms with E-state index in [9.17, 15) is 9.59 Å². The smallest absolute Gasteiger partial charge is 0.223 e. The molecule has 3 N–H and O–H groups in total. The Morgan fingerprint density at radius 1 is 1.38 bits per heavy atom. The summed E-state index contributed by atoms with van der Waals surface area (Å²) in [7, 11) is 3.42. The number of carbonyl (C=O) groups excluding carboxylic acids is 2. The van der Waals surface area contributed by atoms with Gasteiger partial charge in [-0.1, -0.05) is 0 Å². The van der Waals surface area contributed by atoms with Crippen molar-refractivity contribution in [3.05, 3.63) is 0 Å². The molecule has 1 rings (SSSR count). The van der Waals surface area contributed by atoms with E-state index in [0.717, 1.165) is 19.3 Å². The molecule has 0 aromatic rings. The third-order valence-electron chi connectivity index (χ3n) is 2.98. The Kier molecular flexibility index (Phi) is 4.73. The van der Waals surface area contributed by atoms with Crippen molar-refractivity contribution in [2.24, 2.45) is 11.7 Å².